The summed E-state index contributed by atoms with van der Waals surface area (Å²) in [6, 6.07) is 0. The molecule has 0 fully saturated rings. The van der Waals surface area contributed by atoms with E-state index < -0.39 is 97.5 Å². The summed E-state index contributed by atoms with van der Waals surface area (Å²) in [6.45, 7) is 11.9. The van der Waals surface area contributed by atoms with E-state index in [1.165, 1.54) is 225 Å². The van der Waals surface area contributed by atoms with E-state index in [-0.39, 0.29) is 25.7 Å². The standard InChI is InChI=1S/C81H158O17P2/c1-8-12-13-14-15-16-17-18-19-20-24-27-30-33-36-39-48-55-62-78(83)91-68-76(97-80(85)64-57-50-40-37-34-31-28-25-22-21-23-26-29-32-35-38-45-52-59-72(5)9-2)70-95-99(87,88)93-66-75(82)67-94-100(89,90)96-71-77(98-81(86)65-58-51-44-42-47-54-61-74(7)11-4)69-92-79(84)63-56-49-43-41-46-53-60-73(6)10-3/h72-77,82H,8-71H2,1-7H3,(H,87,88)(H,89,90)/t72?,73?,74?,75-,76-,77-/m1/s1. The van der Waals surface area contributed by atoms with E-state index in [1.54, 1.807) is 0 Å². The number of hydrogen-bond donors (Lipinski definition) is 3. The molecule has 0 aromatic carbocycles. The fourth-order valence-electron chi connectivity index (χ4n) is 12.4. The summed E-state index contributed by atoms with van der Waals surface area (Å²) in [5.74, 6) is 0.205. The third kappa shape index (κ3) is 70.4. The number of esters is 4. The van der Waals surface area contributed by atoms with Crippen molar-refractivity contribution in [3.05, 3.63) is 0 Å². The van der Waals surface area contributed by atoms with Crippen molar-refractivity contribution < 1.29 is 80.2 Å². The van der Waals surface area contributed by atoms with Gasteiger partial charge in [-0.3, -0.25) is 37.3 Å². The van der Waals surface area contributed by atoms with Gasteiger partial charge in [-0.15, -0.1) is 0 Å². The molecule has 3 N–H and O–H groups in total. The zero-order valence-corrected chi connectivity index (χ0v) is 67.5. The minimum absolute atomic E-state index is 0.102. The van der Waals surface area contributed by atoms with E-state index in [2.05, 4.69) is 48.5 Å². The highest BCUT2D eigenvalue weighted by molar-refractivity contribution is 7.47. The number of carbonyl (C=O) groups excluding carboxylic acids is 4. The summed E-state index contributed by atoms with van der Waals surface area (Å²) in [7, 11) is -9.92. The predicted molar refractivity (Wildman–Crippen MR) is 409 cm³/mol. The normalized spacial score (nSPS) is 14.8. The Labute approximate surface area is 613 Å². The zero-order valence-electron chi connectivity index (χ0n) is 65.7. The zero-order chi connectivity index (χ0) is 73.7. The van der Waals surface area contributed by atoms with E-state index in [1.807, 2.05) is 0 Å². The van der Waals surface area contributed by atoms with Gasteiger partial charge in [0.15, 0.2) is 12.2 Å². The molecule has 0 aliphatic heterocycles. The second-order valence-corrected chi connectivity index (χ2v) is 32.8. The summed E-state index contributed by atoms with van der Waals surface area (Å²) in [5.41, 5.74) is 0. The van der Waals surface area contributed by atoms with Crippen LogP contribution in [-0.4, -0.2) is 96.7 Å². The van der Waals surface area contributed by atoms with E-state index in [0.717, 1.165) is 114 Å². The largest absolute Gasteiger partial charge is 0.472 e. The molecular weight excluding hydrogens is 1310 g/mol. The molecule has 0 radical (unpaired) electrons. The molecule has 17 nitrogen and oxygen atoms in total. The molecule has 19 heteroatoms. The van der Waals surface area contributed by atoms with E-state index in [0.29, 0.717) is 25.7 Å². The summed E-state index contributed by atoms with van der Waals surface area (Å²) in [5, 5.41) is 10.6. The molecule has 0 saturated heterocycles. The molecule has 0 aromatic rings. The highest BCUT2D eigenvalue weighted by Crippen LogP contribution is 2.45. The van der Waals surface area contributed by atoms with Crippen LogP contribution in [0.5, 0.6) is 0 Å². The first kappa shape index (κ1) is 98.1. The number of phosphoric acid groups is 2. The Morgan fingerprint density at radius 1 is 0.280 bits per heavy atom. The number of ether oxygens (including phenoxy) is 4. The van der Waals surface area contributed by atoms with Crippen molar-refractivity contribution in [1.29, 1.82) is 0 Å². The lowest BCUT2D eigenvalue weighted by molar-refractivity contribution is -0.161. The van der Waals surface area contributed by atoms with Gasteiger partial charge in [0, 0.05) is 25.7 Å². The average molecular weight is 1470 g/mol. The van der Waals surface area contributed by atoms with Crippen molar-refractivity contribution in [1.82, 2.24) is 0 Å². The molecule has 0 aliphatic carbocycles. The Morgan fingerprint density at radius 2 is 0.480 bits per heavy atom. The maximum absolute atomic E-state index is 13.1. The minimum Gasteiger partial charge on any atom is -0.462 e. The van der Waals surface area contributed by atoms with Crippen LogP contribution in [0.4, 0.5) is 0 Å². The fraction of sp³-hybridized carbons (Fsp3) is 0.951. The van der Waals surface area contributed by atoms with Crippen molar-refractivity contribution in [2.45, 2.75) is 439 Å². The third-order valence-corrected chi connectivity index (χ3v) is 21.9. The van der Waals surface area contributed by atoms with Gasteiger partial charge in [0.05, 0.1) is 26.4 Å². The third-order valence-electron chi connectivity index (χ3n) is 20.0. The number of aliphatic hydroxyl groups excluding tert-OH is 1. The molecule has 0 spiro atoms. The monoisotopic (exact) mass is 1470 g/mol. The van der Waals surface area contributed by atoms with Gasteiger partial charge in [0.2, 0.25) is 0 Å². The fourth-order valence-corrected chi connectivity index (χ4v) is 14.0. The van der Waals surface area contributed by atoms with Gasteiger partial charge < -0.3 is 33.8 Å². The number of aliphatic hydroxyl groups is 1. The van der Waals surface area contributed by atoms with Crippen LogP contribution < -0.4 is 0 Å². The molecule has 0 aliphatic rings. The Kier molecular flexibility index (Phi) is 69.9. The lowest BCUT2D eigenvalue weighted by Crippen LogP contribution is -2.30. The Balaban J connectivity index is 5.20. The van der Waals surface area contributed by atoms with Crippen molar-refractivity contribution in [3.8, 4) is 0 Å². The number of hydrogen-bond acceptors (Lipinski definition) is 15. The van der Waals surface area contributed by atoms with Crippen molar-refractivity contribution in [2.24, 2.45) is 17.8 Å². The van der Waals surface area contributed by atoms with Gasteiger partial charge in [-0.2, -0.15) is 0 Å². The SMILES string of the molecule is CCCCCCCCCCCCCCCCCCCCC(=O)OC[C@H](COP(=O)(O)OC[C@@H](O)COP(=O)(O)OC[C@@H](COC(=O)CCCCCCCCC(C)CC)OC(=O)CCCCCCCCC(C)CC)OC(=O)CCCCCCCCCCCCCCCCCCCCC(C)CC. The van der Waals surface area contributed by atoms with Crippen LogP contribution in [0, 0.1) is 17.8 Å². The molecule has 594 valence electrons. The first-order valence-corrected chi connectivity index (χ1v) is 45.0. The van der Waals surface area contributed by atoms with Gasteiger partial charge in [-0.25, -0.2) is 9.13 Å². The van der Waals surface area contributed by atoms with Crippen molar-refractivity contribution in [3.63, 3.8) is 0 Å². The average Bonchev–Trinajstić information content (AvgIpc) is 1.01. The van der Waals surface area contributed by atoms with Crippen LogP contribution in [0.3, 0.4) is 0 Å². The molecule has 5 unspecified atom stereocenters. The van der Waals surface area contributed by atoms with Crippen molar-refractivity contribution >= 4 is 39.5 Å². The molecule has 8 atom stereocenters. The summed E-state index contributed by atoms with van der Waals surface area (Å²) in [6.07, 6.45) is 59.9. The summed E-state index contributed by atoms with van der Waals surface area (Å²) >= 11 is 0. The van der Waals surface area contributed by atoms with Crippen LogP contribution in [0.1, 0.15) is 421 Å². The number of carbonyl (C=O) groups is 4. The summed E-state index contributed by atoms with van der Waals surface area (Å²) < 4.78 is 68.6. The molecule has 0 rings (SSSR count). The van der Waals surface area contributed by atoms with Gasteiger partial charge in [0.25, 0.3) is 0 Å². The van der Waals surface area contributed by atoms with Gasteiger partial charge in [-0.1, -0.05) is 370 Å². The van der Waals surface area contributed by atoms with E-state index in [9.17, 15) is 43.2 Å². The quantitative estimate of drug-likeness (QED) is 0.0222. The van der Waals surface area contributed by atoms with Crippen LogP contribution >= 0.6 is 15.6 Å². The molecule has 0 bridgehead atoms. The molecule has 0 saturated carbocycles. The van der Waals surface area contributed by atoms with Gasteiger partial charge in [0.1, 0.15) is 19.3 Å². The van der Waals surface area contributed by atoms with E-state index >= 15 is 0 Å². The molecule has 0 aromatic heterocycles. The predicted octanol–water partition coefficient (Wildman–Crippen LogP) is 24.1. The second-order valence-electron chi connectivity index (χ2n) is 29.9. The Morgan fingerprint density at radius 3 is 0.710 bits per heavy atom. The second kappa shape index (κ2) is 71.3. The molecule has 0 amide bonds. The number of rotatable bonds is 79. The van der Waals surface area contributed by atoms with Crippen LogP contribution in [0.15, 0.2) is 0 Å². The minimum atomic E-state index is -4.96. The van der Waals surface area contributed by atoms with E-state index in [4.69, 9.17) is 37.0 Å². The number of unbranched alkanes of at least 4 members (excludes halogenated alkanes) is 44. The Bertz CT molecular complexity index is 1950. The molecule has 100 heavy (non-hydrogen) atoms. The highest BCUT2D eigenvalue weighted by atomic mass is 31.2. The van der Waals surface area contributed by atoms with Gasteiger partial charge >= 0.3 is 39.5 Å². The number of phosphoric ester groups is 2. The van der Waals surface area contributed by atoms with Crippen LogP contribution in [-0.2, 0) is 65.4 Å². The maximum Gasteiger partial charge on any atom is 0.472 e. The molecular formula is C81H158O17P2. The lowest BCUT2D eigenvalue weighted by Gasteiger charge is -2.21. The lowest BCUT2D eigenvalue weighted by atomic mass is 9.99. The first-order valence-electron chi connectivity index (χ1n) is 42.0. The molecule has 0 heterocycles. The van der Waals surface area contributed by atoms with Crippen LogP contribution in [0.2, 0.25) is 0 Å². The topological polar surface area (TPSA) is 237 Å². The smallest absolute Gasteiger partial charge is 0.462 e. The highest BCUT2D eigenvalue weighted by Gasteiger charge is 2.30. The maximum atomic E-state index is 13.1. The Hall–Kier alpha value is -1.94. The first-order chi connectivity index (χ1) is 48.3. The van der Waals surface area contributed by atoms with Gasteiger partial charge in [-0.05, 0) is 43.4 Å². The van der Waals surface area contributed by atoms with Crippen molar-refractivity contribution in [2.75, 3.05) is 39.6 Å². The van der Waals surface area contributed by atoms with Crippen LogP contribution in [0.25, 0.3) is 0 Å². The summed E-state index contributed by atoms with van der Waals surface area (Å²) in [4.78, 5) is 72.9.